The predicted octanol–water partition coefficient (Wildman–Crippen LogP) is 0.317. The highest BCUT2D eigenvalue weighted by Crippen LogP contribution is 2.13. The quantitative estimate of drug-likeness (QED) is 0.605. The Labute approximate surface area is 112 Å². The molecular formula is C11H12N4O3S. The van der Waals surface area contributed by atoms with Gasteiger partial charge in [0.15, 0.2) is 5.16 Å². The fourth-order valence-electron chi connectivity index (χ4n) is 1.47. The van der Waals surface area contributed by atoms with Gasteiger partial charge < -0.3 is 9.67 Å². The summed E-state index contributed by atoms with van der Waals surface area (Å²) in [7, 11) is 0. The molecule has 0 saturated heterocycles. The lowest BCUT2D eigenvalue weighted by Gasteiger charge is -2.10. The van der Waals surface area contributed by atoms with Crippen LogP contribution in [0.25, 0.3) is 0 Å². The van der Waals surface area contributed by atoms with Crippen LogP contribution in [0.2, 0.25) is 0 Å². The topological polar surface area (TPSA) is 90.0 Å². The number of aromatic nitrogens is 4. The van der Waals surface area contributed by atoms with Gasteiger partial charge in [0.2, 0.25) is 0 Å². The highest BCUT2D eigenvalue weighted by molar-refractivity contribution is 7.99. The molecule has 0 amide bonds. The van der Waals surface area contributed by atoms with Crippen LogP contribution in [0.3, 0.4) is 0 Å². The van der Waals surface area contributed by atoms with E-state index in [2.05, 4.69) is 10.1 Å². The second-order valence-electron chi connectivity index (χ2n) is 3.69. The zero-order valence-electron chi connectivity index (χ0n) is 9.97. The molecule has 0 atom stereocenters. The van der Waals surface area contributed by atoms with E-state index in [4.69, 9.17) is 5.11 Å². The average molecular weight is 280 g/mol. The molecule has 19 heavy (non-hydrogen) atoms. The largest absolute Gasteiger partial charge is 0.481 e. The number of carbonyl (C=O) groups is 1. The molecule has 2 aromatic heterocycles. The molecular weight excluding hydrogens is 268 g/mol. The second-order valence-corrected chi connectivity index (χ2v) is 4.64. The first-order valence-electron chi connectivity index (χ1n) is 5.54. The Morgan fingerprint density at radius 2 is 2.21 bits per heavy atom. The summed E-state index contributed by atoms with van der Waals surface area (Å²) in [6.45, 7) is 1.19. The summed E-state index contributed by atoms with van der Waals surface area (Å²) < 4.78 is 3.50. The Morgan fingerprint density at radius 1 is 1.37 bits per heavy atom. The van der Waals surface area contributed by atoms with Crippen molar-refractivity contribution in [3.63, 3.8) is 0 Å². The molecule has 0 fully saturated rings. The van der Waals surface area contributed by atoms with Crippen LogP contribution in [0.5, 0.6) is 0 Å². The van der Waals surface area contributed by atoms with Gasteiger partial charge in [-0.25, -0.2) is 0 Å². The van der Waals surface area contributed by atoms with E-state index in [1.54, 1.807) is 21.6 Å². The van der Waals surface area contributed by atoms with E-state index in [-0.39, 0.29) is 11.3 Å². The summed E-state index contributed by atoms with van der Waals surface area (Å²) in [4.78, 5) is 25.6. The molecule has 0 aromatic carbocycles. The Hall–Kier alpha value is -2.09. The molecule has 0 bridgehead atoms. The van der Waals surface area contributed by atoms with Crippen molar-refractivity contribution in [3.8, 4) is 0 Å². The van der Waals surface area contributed by atoms with Crippen LogP contribution in [0.4, 0.5) is 0 Å². The van der Waals surface area contributed by atoms with Crippen molar-refractivity contribution < 1.29 is 9.90 Å². The molecule has 0 saturated carbocycles. The first-order chi connectivity index (χ1) is 9.15. The molecule has 100 valence electrons. The average Bonchev–Trinajstić information content (AvgIpc) is 2.88. The maximum atomic E-state index is 11.2. The molecule has 0 aliphatic heterocycles. The van der Waals surface area contributed by atoms with E-state index < -0.39 is 5.97 Å². The SMILES string of the molecule is O=C(O)CSc1nc(=O)ccn1CCn1cccn1. The first kappa shape index (κ1) is 13.3. The van der Waals surface area contributed by atoms with Crippen molar-refractivity contribution in [2.75, 3.05) is 5.75 Å². The predicted molar refractivity (Wildman–Crippen MR) is 69.1 cm³/mol. The molecule has 7 nitrogen and oxygen atoms in total. The van der Waals surface area contributed by atoms with Gasteiger partial charge in [0, 0.05) is 31.2 Å². The third-order valence-corrected chi connectivity index (χ3v) is 3.28. The fourth-order valence-corrected chi connectivity index (χ4v) is 2.19. The van der Waals surface area contributed by atoms with E-state index in [1.165, 1.54) is 6.07 Å². The number of hydrogen-bond donors (Lipinski definition) is 1. The second kappa shape index (κ2) is 6.19. The van der Waals surface area contributed by atoms with Crippen molar-refractivity contribution in [2.24, 2.45) is 0 Å². The lowest BCUT2D eigenvalue weighted by Crippen LogP contribution is -2.16. The number of nitrogens with zero attached hydrogens (tertiary/aromatic N) is 4. The van der Waals surface area contributed by atoms with Gasteiger partial charge in [-0.2, -0.15) is 10.1 Å². The standard InChI is InChI=1S/C11H12N4O3S/c16-9-2-5-14(6-7-15-4-1-3-12-15)11(13-9)19-8-10(17)18/h1-5H,6-8H2,(H,17,18). The summed E-state index contributed by atoms with van der Waals surface area (Å²) in [6.07, 6.45) is 5.13. The van der Waals surface area contributed by atoms with Crippen LogP contribution in [0.15, 0.2) is 40.7 Å². The van der Waals surface area contributed by atoms with Crippen LogP contribution in [-0.2, 0) is 17.9 Å². The van der Waals surface area contributed by atoms with Gasteiger partial charge in [-0.1, -0.05) is 11.8 Å². The molecule has 0 aliphatic carbocycles. The summed E-state index contributed by atoms with van der Waals surface area (Å²) in [5.41, 5.74) is -0.372. The minimum Gasteiger partial charge on any atom is -0.481 e. The number of aryl methyl sites for hydroxylation is 2. The maximum absolute atomic E-state index is 11.2. The van der Waals surface area contributed by atoms with Crippen molar-refractivity contribution >= 4 is 17.7 Å². The zero-order valence-corrected chi connectivity index (χ0v) is 10.8. The minimum atomic E-state index is -0.943. The number of carboxylic acid groups (broad SMARTS) is 1. The van der Waals surface area contributed by atoms with Crippen molar-refractivity contribution in [2.45, 2.75) is 18.2 Å². The molecule has 0 spiro atoms. The number of thioether (sulfide) groups is 1. The van der Waals surface area contributed by atoms with Gasteiger partial charge in [-0.3, -0.25) is 14.3 Å². The van der Waals surface area contributed by atoms with E-state index in [0.717, 1.165) is 11.8 Å². The monoisotopic (exact) mass is 280 g/mol. The normalized spacial score (nSPS) is 10.5. The first-order valence-corrected chi connectivity index (χ1v) is 6.53. The summed E-state index contributed by atoms with van der Waals surface area (Å²) in [5.74, 6) is -1.07. The lowest BCUT2D eigenvalue weighted by atomic mass is 10.5. The molecule has 8 heteroatoms. The highest BCUT2D eigenvalue weighted by Gasteiger charge is 2.07. The maximum Gasteiger partial charge on any atom is 0.313 e. The van der Waals surface area contributed by atoms with Crippen LogP contribution in [0.1, 0.15) is 0 Å². The summed E-state index contributed by atoms with van der Waals surface area (Å²) >= 11 is 1.03. The Balaban J connectivity index is 2.09. The third kappa shape index (κ3) is 3.95. The summed E-state index contributed by atoms with van der Waals surface area (Å²) in [6, 6.07) is 3.18. The van der Waals surface area contributed by atoms with E-state index in [1.807, 2.05) is 12.3 Å². The number of carboxylic acids is 1. The van der Waals surface area contributed by atoms with E-state index in [0.29, 0.717) is 18.2 Å². The smallest absolute Gasteiger partial charge is 0.313 e. The highest BCUT2D eigenvalue weighted by atomic mass is 32.2. The van der Waals surface area contributed by atoms with Crippen LogP contribution in [0, 0.1) is 0 Å². The van der Waals surface area contributed by atoms with Crippen molar-refractivity contribution in [1.29, 1.82) is 0 Å². The summed E-state index contributed by atoms with van der Waals surface area (Å²) in [5, 5.41) is 13.1. The Morgan fingerprint density at radius 3 is 2.89 bits per heavy atom. The molecule has 0 aliphatic rings. The Kier molecular flexibility index (Phi) is 4.35. The van der Waals surface area contributed by atoms with Gasteiger partial charge in [0.25, 0.3) is 5.56 Å². The zero-order chi connectivity index (χ0) is 13.7. The van der Waals surface area contributed by atoms with Gasteiger partial charge >= 0.3 is 5.97 Å². The molecule has 0 unspecified atom stereocenters. The number of rotatable bonds is 6. The van der Waals surface area contributed by atoms with Crippen LogP contribution >= 0.6 is 11.8 Å². The Bertz CT molecular complexity index is 609. The van der Waals surface area contributed by atoms with Gasteiger partial charge in [-0.05, 0) is 6.07 Å². The number of hydrogen-bond acceptors (Lipinski definition) is 5. The molecule has 0 radical (unpaired) electrons. The lowest BCUT2D eigenvalue weighted by molar-refractivity contribution is -0.133. The minimum absolute atomic E-state index is 0.127. The van der Waals surface area contributed by atoms with E-state index in [9.17, 15) is 9.59 Å². The number of aliphatic carboxylic acids is 1. The molecule has 1 N–H and O–H groups in total. The van der Waals surface area contributed by atoms with Gasteiger partial charge in [0.05, 0.1) is 12.3 Å². The third-order valence-electron chi connectivity index (χ3n) is 2.30. The van der Waals surface area contributed by atoms with Crippen molar-refractivity contribution in [3.05, 3.63) is 41.1 Å². The van der Waals surface area contributed by atoms with Crippen molar-refractivity contribution in [1.82, 2.24) is 19.3 Å². The van der Waals surface area contributed by atoms with Gasteiger partial charge in [0.1, 0.15) is 0 Å². The fraction of sp³-hybridized carbons (Fsp3) is 0.273. The van der Waals surface area contributed by atoms with Crippen LogP contribution in [-0.4, -0.2) is 36.2 Å². The van der Waals surface area contributed by atoms with Gasteiger partial charge in [-0.15, -0.1) is 0 Å². The van der Waals surface area contributed by atoms with Crippen LogP contribution < -0.4 is 5.56 Å². The molecule has 2 rings (SSSR count). The van der Waals surface area contributed by atoms with E-state index >= 15 is 0 Å². The molecule has 2 heterocycles. The molecule has 2 aromatic rings.